The number of morpholine rings is 1. The molecule has 2 fully saturated rings. The van der Waals surface area contributed by atoms with Gasteiger partial charge in [-0.25, -0.2) is 0 Å². The SMILES string of the molecule is CCC(NC(=O)c1cc(C(=O)N2CCCC2CN2CCOCC2)n2c1COCC2)c1ccccc1. The van der Waals surface area contributed by atoms with Gasteiger partial charge in [0.05, 0.1) is 43.7 Å². The van der Waals surface area contributed by atoms with Gasteiger partial charge in [-0.3, -0.25) is 14.5 Å². The maximum Gasteiger partial charge on any atom is 0.270 e. The van der Waals surface area contributed by atoms with E-state index in [-0.39, 0.29) is 23.9 Å². The molecule has 5 rings (SSSR count). The molecule has 8 nitrogen and oxygen atoms in total. The second-order valence-corrected chi connectivity index (χ2v) is 9.65. The van der Waals surface area contributed by atoms with Crippen LogP contribution in [-0.4, -0.2) is 78.2 Å². The summed E-state index contributed by atoms with van der Waals surface area (Å²) in [7, 11) is 0. The smallest absolute Gasteiger partial charge is 0.270 e. The fourth-order valence-electron chi connectivity index (χ4n) is 5.56. The Hall–Kier alpha value is -2.68. The number of ether oxygens (including phenoxy) is 2. The molecule has 0 aliphatic carbocycles. The van der Waals surface area contributed by atoms with Gasteiger partial charge in [0.1, 0.15) is 5.69 Å². The van der Waals surface area contributed by atoms with E-state index < -0.39 is 0 Å². The molecule has 8 heteroatoms. The largest absolute Gasteiger partial charge is 0.379 e. The van der Waals surface area contributed by atoms with Crippen molar-refractivity contribution in [2.24, 2.45) is 0 Å². The number of rotatable bonds is 7. The van der Waals surface area contributed by atoms with E-state index in [1.54, 1.807) is 6.07 Å². The molecule has 2 amide bonds. The Morgan fingerprint density at radius 2 is 1.83 bits per heavy atom. The highest BCUT2D eigenvalue weighted by Gasteiger charge is 2.35. The summed E-state index contributed by atoms with van der Waals surface area (Å²) in [6, 6.07) is 11.9. The number of likely N-dealkylation sites (tertiary alicyclic amines) is 1. The van der Waals surface area contributed by atoms with E-state index in [2.05, 4.69) is 17.1 Å². The number of benzene rings is 1. The molecule has 4 heterocycles. The van der Waals surface area contributed by atoms with Gasteiger partial charge in [0.15, 0.2) is 0 Å². The third kappa shape index (κ3) is 5.15. The van der Waals surface area contributed by atoms with Gasteiger partial charge in [-0.2, -0.15) is 0 Å². The summed E-state index contributed by atoms with van der Waals surface area (Å²) < 4.78 is 13.2. The van der Waals surface area contributed by atoms with Gasteiger partial charge in [0, 0.05) is 38.8 Å². The Kier molecular flexibility index (Phi) is 7.51. The van der Waals surface area contributed by atoms with Gasteiger partial charge < -0.3 is 24.3 Å². The van der Waals surface area contributed by atoms with Crippen LogP contribution in [0.2, 0.25) is 0 Å². The Morgan fingerprint density at radius 1 is 1.06 bits per heavy atom. The molecular weight excluding hydrogens is 444 g/mol. The van der Waals surface area contributed by atoms with Crippen molar-refractivity contribution < 1.29 is 19.1 Å². The third-order valence-corrected chi connectivity index (χ3v) is 7.50. The van der Waals surface area contributed by atoms with Crippen LogP contribution in [-0.2, 0) is 22.6 Å². The number of carbonyl (C=O) groups is 2. The molecule has 1 aromatic carbocycles. The highest BCUT2D eigenvalue weighted by atomic mass is 16.5. The van der Waals surface area contributed by atoms with E-state index in [1.165, 1.54) is 0 Å². The number of hydrogen-bond donors (Lipinski definition) is 1. The molecule has 1 aromatic heterocycles. The number of nitrogens with one attached hydrogen (secondary N) is 1. The highest BCUT2D eigenvalue weighted by Crippen LogP contribution is 2.27. The highest BCUT2D eigenvalue weighted by molar-refractivity contribution is 6.01. The minimum atomic E-state index is -0.153. The minimum Gasteiger partial charge on any atom is -0.379 e. The molecule has 1 N–H and O–H groups in total. The number of carbonyl (C=O) groups excluding carboxylic acids is 2. The zero-order valence-electron chi connectivity index (χ0n) is 20.6. The third-order valence-electron chi connectivity index (χ3n) is 7.50. The fraction of sp³-hybridized carbons (Fsp3) is 0.556. The summed E-state index contributed by atoms with van der Waals surface area (Å²) in [5, 5.41) is 3.18. The maximum atomic E-state index is 13.8. The van der Waals surface area contributed by atoms with Crippen molar-refractivity contribution in [2.75, 3.05) is 46.0 Å². The van der Waals surface area contributed by atoms with Crippen LogP contribution < -0.4 is 5.32 Å². The molecule has 188 valence electrons. The Labute approximate surface area is 207 Å². The molecule has 3 aliphatic heterocycles. The van der Waals surface area contributed by atoms with E-state index in [0.717, 1.165) is 69.9 Å². The first-order valence-corrected chi connectivity index (χ1v) is 12.9. The number of aromatic nitrogens is 1. The predicted octanol–water partition coefficient (Wildman–Crippen LogP) is 2.84. The van der Waals surface area contributed by atoms with Crippen molar-refractivity contribution in [2.45, 2.75) is 51.4 Å². The molecule has 3 aliphatic rings. The van der Waals surface area contributed by atoms with Crippen molar-refractivity contribution in [3.05, 3.63) is 58.9 Å². The van der Waals surface area contributed by atoms with E-state index in [4.69, 9.17) is 9.47 Å². The Balaban J connectivity index is 1.36. The summed E-state index contributed by atoms with van der Waals surface area (Å²) in [4.78, 5) is 31.6. The zero-order chi connectivity index (χ0) is 24.2. The first-order chi connectivity index (χ1) is 17.2. The van der Waals surface area contributed by atoms with E-state index in [0.29, 0.717) is 31.0 Å². The molecular formula is C27H36N4O4. The van der Waals surface area contributed by atoms with Crippen LogP contribution in [0.4, 0.5) is 0 Å². The van der Waals surface area contributed by atoms with E-state index in [1.807, 2.05) is 39.8 Å². The molecule has 0 spiro atoms. The molecule has 2 aromatic rings. The van der Waals surface area contributed by atoms with Crippen LogP contribution in [0.5, 0.6) is 0 Å². The normalized spacial score (nSPS) is 21.5. The molecule has 0 bridgehead atoms. The topological polar surface area (TPSA) is 76.0 Å². The van der Waals surface area contributed by atoms with Gasteiger partial charge >= 0.3 is 0 Å². The summed E-state index contributed by atoms with van der Waals surface area (Å²) >= 11 is 0. The average molecular weight is 481 g/mol. The average Bonchev–Trinajstić information content (AvgIpc) is 3.53. The molecule has 0 saturated carbocycles. The van der Waals surface area contributed by atoms with Crippen molar-refractivity contribution in [1.29, 1.82) is 0 Å². The molecule has 2 atom stereocenters. The maximum absolute atomic E-state index is 13.8. The molecule has 2 unspecified atom stereocenters. The fourth-order valence-corrected chi connectivity index (χ4v) is 5.56. The zero-order valence-corrected chi connectivity index (χ0v) is 20.6. The van der Waals surface area contributed by atoms with Crippen LogP contribution in [0, 0.1) is 0 Å². The quantitative estimate of drug-likeness (QED) is 0.660. The van der Waals surface area contributed by atoms with Crippen molar-refractivity contribution >= 4 is 11.8 Å². The monoisotopic (exact) mass is 480 g/mol. The van der Waals surface area contributed by atoms with Gasteiger partial charge in [-0.05, 0) is 30.9 Å². The van der Waals surface area contributed by atoms with Crippen LogP contribution in [0.3, 0.4) is 0 Å². The first-order valence-electron chi connectivity index (χ1n) is 12.9. The lowest BCUT2D eigenvalue weighted by molar-refractivity contribution is 0.0258. The van der Waals surface area contributed by atoms with Gasteiger partial charge in [-0.1, -0.05) is 37.3 Å². The van der Waals surface area contributed by atoms with Crippen LogP contribution in [0.15, 0.2) is 36.4 Å². The number of nitrogens with zero attached hydrogens (tertiary/aromatic N) is 3. The van der Waals surface area contributed by atoms with Crippen LogP contribution >= 0.6 is 0 Å². The predicted molar refractivity (Wildman–Crippen MR) is 132 cm³/mol. The lowest BCUT2D eigenvalue weighted by Crippen LogP contribution is -2.47. The number of fused-ring (bicyclic) bond motifs is 1. The van der Waals surface area contributed by atoms with Crippen molar-refractivity contribution in [3.63, 3.8) is 0 Å². The standard InChI is InChI=1S/C27H36N4O4/c1-2-23(20-7-4-3-5-8-20)28-26(32)22-17-24(31-13-16-35-19-25(22)31)27(33)30-10-6-9-21(30)18-29-11-14-34-15-12-29/h3-5,7-8,17,21,23H,2,6,9-16,18-19H2,1H3,(H,28,32). The van der Waals surface area contributed by atoms with Gasteiger partial charge in [0.25, 0.3) is 11.8 Å². The second-order valence-electron chi connectivity index (χ2n) is 9.65. The van der Waals surface area contributed by atoms with Crippen molar-refractivity contribution in [1.82, 2.24) is 19.7 Å². The summed E-state index contributed by atoms with van der Waals surface area (Å²) in [5.74, 6) is -0.127. The second kappa shape index (κ2) is 10.9. The van der Waals surface area contributed by atoms with Crippen molar-refractivity contribution in [3.8, 4) is 0 Å². The van der Waals surface area contributed by atoms with Gasteiger partial charge in [-0.15, -0.1) is 0 Å². The van der Waals surface area contributed by atoms with E-state index in [9.17, 15) is 9.59 Å². The van der Waals surface area contributed by atoms with E-state index >= 15 is 0 Å². The molecule has 35 heavy (non-hydrogen) atoms. The lowest BCUT2D eigenvalue weighted by Gasteiger charge is -2.33. The minimum absolute atomic E-state index is 0.0260. The van der Waals surface area contributed by atoms with Crippen LogP contribution in [0.1, 0.15) is 64.3 Å². The van der Waals surface area contributed by atoms with Crippen LogP contribution in [0.25, 0.3) is 0 Å². The lowest BCUT2D eigenvalue weighted by atomic mass is 10.0. The summed E-state index contributed by atoms with van der Waals surface area (Å²) in [6.45, 7) is 8.53. The van der Waals surface area contributed by atoms with Gasteiger partial charge in [0.2, 0.25) is 0 Å². The summed E-state index contributed by atoms with van der Waals surface area (Å²) in [5.41, 5.74) is 3.03. The summed E-state index contributed by atoms with van der Waals surface area (Å²) in [6.07, 6.45) is 2.81. The first kappa shape index (κ1) is 24.0. The number of amides is 2. The molecule has 0 radical (unpaired) electrons. The Morgan fingerprint density at radius 3 is 2.60 bits per heavy atom. The molecule has 2 saturated heterocycles. The number of hydrogen-bond acceptors (Lipinski definition) is 5. The Bertz CT molecular complexity index is 1030.